The zero-order valence-corrected chi connectivity index (χ0v) is 26.5. The molecule has 1 aliphatic rings. The van der Waals surface area contributed by atoms with Crippen molar-refractivity contribution < 1.29 is 19.2 Å². The maximum atomic E-state index is 13.9. The van der Waals surface area contributed by atoms with Crippen molar-refractivity contribution in [1.82, 2.24) is 5.06 Å². The van der Waals surface area contributed by atoms with Gasteiger partial charge < -0.3 is 4.74 Å². The molecule has 1 saturated heterocycles. The first kappa shape index (κ1) is 32.5. The van der Waals surface area contributed by atoms with Gasteiger partial charge in [-0.2, -0.15) is 5.06 Å². The minimum atomic E-state index is -0.872. The van der Waals surface area contributed by atoms with Crippen molar-refractivity contribution in [2.75, 3.05) is 0 Å². The molecule has 1 aliphatic heterocycles. The summed E-state index contributed by atoms with van der Waals surface area (Å²) < 4.78 is 6.01. The molecule has 0 aromatic heterocycles. The molecule has 0 saturated carbocycles. The van der Waals surface area contributed by atoms with Gasteiger partial charge in [0.25, 0.3) is 0 Å². The van der Waals surface area contributed by atoms with Crippen LogP contribution < -0.4 is 0 Å². The Hall–Kier alpha value is -1.72. The van der Waals surface area contributed by atoms with Gasteiger partial charge in [0.1, 0.15) is 11.4 Å². The normalized spacial score (nSPS) is 27.2. The van der Waals surface area contributed by atoms with Crippen molar-refractivity contribution in [2.24, 2.45) is 17.3 Å². The summed E-state index contributed by atoms with van der Waals surface area (Å²) in [4.78, 5) is 34.0. The number of rotatable bonds is 10. The summed E-state index contributed by atoms with van der Waals surface area (Å²) in [5.74, 6) is -0.430. The van der Waals surface area contributed by atoms with Crippen molar-refractivity contribution in [3.05, 3.63) is 35.9 Å². The molecule has 1 heterocycles. The average molecular weight is 530 g/mol. The molecule has 38 heavy (non-hydrogen) atoms. The Labute approximate surface area is 233 Å². The maximum Gasteiger partial charge on any atom is 0.312 e. The molecular weight excluding hydrogens is 474 g/mol. The highest BCUT2D eigenvalue weighted by Crippen LogP contribution is 2.48. The van der Waals surface area contributed by atoms with E-state index in [9.17, 15) is 9.59 Å². The van der Waals surface area contributed by atoms with Crippen LogP contribution in [0, 0.1) is 17.3 Å². The van der Waals surface area contributed by atoms with E-state index in [0.717, 1.165) is 12.8 Å². The smallest absolute Gasteiger partial charge is 0.312 e. The van der Waals surface area contributed by atoms with E-state index in [1.54, 1.807) is 0 Å². The molecule has 0 radical (unpaired) electrons. The summed E-state index contributed by atoms with van der Waals surface area (Å²) in [7, 11) is 0. The lowest BCUT2D eigenvalue weighted by atomic mass is 9.68. The zero-order valence-electron chi connectivity index (χ0n) is 26.5. The van der Waals surface area contributed by atoms with Crippen molar-refractivity contribution >= 4 is 11.8 Å². The number of ether oxygens (including phenoxy) is 1. The van der Waals surface area contributed by atoms with Gasteiger partial charge in [-0.25, -0.2) is 0 Å². The minimum absolute atomic E-state index is 0.169. The van der Waals surface area contributed by atoms with Crippen LogP contribution in [0.2, 0.25) is 0 Å². The van der Waals surface area contributed by atoms with Crippen molar-refractivity contribution in [1.29, 1.82) is 0 Å². The standard InChI is InChI=1S/C33H55NO4/c1-14-32(12)22-27(35)24(4)33(13,15-2)34(32)38-31(10,11)26(28(36)37-29(5,6)7)21-30(8,9)23(3)25-19-17-16-18-20-25/h16-20,23-24,26H,14-15,21-22H2,1-13H3. The van der Waals surface area contributed by atoms with Crippen LogP contribution in [-0.2, 0) is 19.2 Å². The molecule has 1 fully saturated rings. The van der Waals surface area contributed by atoms with Crippen molar-refractivity contribution in [3.8, 4) is 0 Å². The summed E-state index contributed by atoms with van der Waals surface area (Å²) in [5.41, 5.74) is -1.39. The number of hydroxylamine groups is 2. The fraction of sp³-hybridized carbons (Fsp3) is 0.758. The second kappa shape index (κ2) is 11.4. The molecule has 5 atom stereocenters. The maximum absolute atomic E-state index is 13.9. The Morgan fingerprint density at radius 3 is 2.05 bits per heavy atom. The van der Waals surface area contributed by atoms with E-state index in [4.69, 9.17) is 9.57 Å². The van der Waals surface area contributed by atoms with E-state index in [2.05, 4.69) is 77.8 Å². The van der Waals surface area contributed by atoms with Crippen LogP contribution in [0.1, 0.15) is 127 Å². The molecule has 2 rings (SSSR count). The monoisotopic (exact) mass is 529 g/mol. The number of hydrogen-bond donors (Lipinski definition) is 0. The van der Waals surface area contributed by atoms with Gasteiger partial charge in [0, 0.05) is 12.3 Å². The van der Waals surface area contributed by atoms with Crippen molar-refractivity contribution in [2.45, 2.75) is 144 Å². The van der Waals surface area contributed by atoms with Gasteiger partial charge in [0.2, 0.25) is 0 Å². The molecule has 0 spiro atoms. The average Bonchev–Trinajstić information content (AvgIpc) is 2.82. The SMILES string of the molecule is CCC1(C)CC(=O)C(C)C(C)(CC)N1OC(C)(C)C(CC(C)(C)C(C)c1ccccc1)C(=O)OC(C)(C)C. The number of piperidine rings is 1. The predicted octanol–water partition coefficient (Wildman–Crippen LogP) is 8.12. The van der Waals surface area contributed by atoms with Crippen LogP contribution in [0.25, 0.3) is 0 Å². The first-order chi connectivity index (χ1) is 17.2. The fourth-order valence-electron chi connectivity index (χ4n) is 5.85. The summed E-state index contributed by atoms with van der Waals surface area (Å²) >= 11 is 0. The van der Waals surface area contributed by atoms with Gasteiger partial charge >= 0.3 is 5.97 Å². The Morgan fingerprint density at radius 1 is 1.03 bits per heavy atom. The Morgan fingerprint density at radius 2 is 1.58 bits per heavy atom. The van der Waals surface area contributed by atoms with Gasteiger partial charge in [-0.3, -0.25) is 14.4 Å². The third kappa shape index (κ3) is 6.88. The van der Waals surface area contributed by atoms with E-state index in [0.29, 0.717) is 12.8 Å². The quantitative estimate of drug-likeness (QED) is 0.286. The first-order valence-corrected chi connectivity index (χ1v) is 14.5. The number of nitrogens with zero attached hydrogens (tertiary/aromatic N) is 1. The number of hydrogen-bond acceptors (Lipinski definition) is 5. The summed E-state index contributed by atoms with van der Waals surface area (Å²) in [6.45, 7) is 26.9. The van der Waals surface area contributed by atoms with Crippen LogP contribution in [0.3, 0.4) is 0 Å². The molecule has 0 amide bonds. The Bertz CT molecular complexity index is 963. The number of benzene rings is 1. The van der Waals surface area contributed by atoms with E-state index in [1.165, 1.54) is 5.56 Å². The minimum Gasteiger partial charge on any atom is -0.460 e. The molecule has 5 nitrogen and oxygen atoms in total. The number of carbonyl (C=O) groups is 2. The van der Waals surface area contributed by atoms with Gasteiger partial charge in [-0.1, -0.05) is 71.9 Å². The van der Waals surface area contributed by atoms with E-state index < -0.39 is 28.2 Å². The second-order valence-corrected chi connectivity index (χ2v) is 14.3. The predicted molar refractivity (Wildman–Crippen MR) is 156 cm³/mol. The van der Waals surface area contributed by atoms with Crippen LogP contribution in [0.15, 0.2) is 30.3 Å². The molecular formula is C33H55NO4. The van der Waals surface area contributed by atoms with Gasteiger partial charge in [0.15, 0.2) is 0 Å². The molecule has 0 N–H and O–H groups in total. The van der Waals surface area contributed by atoms with Crippen LogP contribution in [-0.4, -0.2) is 39.1 Å². The fourth-order valence-corrected chi connectivity index (χ4v) is 5.85. The van der Waals surface area contributed by atoms with E-state index in [1.807, 2.05) is 47.6 Å². The lowest BCUT2D eigenvalue weighted by molar-refractivity contribution is -0.348. The highest BCUT2D eigenvalue weighted by Gasteiger charge is 2.56. The number of Topliss-reactive ketones (excluding diaryl/α,β-unsaturated/α-hetero) is 1. The molecule has 1 aromatic rings. The lowest BCUT2D eigenvalue weighted by Crippen LogP contribution is -2.68. The Balaban J connectivity index is 2.54. The molecule has 5 unspecified atom stereocenters. The lowest BCUT2D eigenvalue weighted by Gasteiger charge is -2.58. The molecule has 0 bridgehead atoms. The van der Waals surface area contributed by atoms with Crippen molar-refractivity contribution in [3.63, 3.8) is 0 Å². The largest absolute Gasteiger partial charge is 0.460 e. The molecule has 1 aromatic carbocycles. The zero-order chi connectivity index (χ0) is 29.3. The highest BCUT2D eigenvalue weighted by atomic mass is 16.7. The van der Waals surface area contributed by atoms with E-state index >= 15 is 0 Å². The number of carbonyl (C=O) groups excluding carboxylic acids is 2. The number of ketones is 1. The van der Waals surface area contributed by atoms with Gasteiger partial charge in [0.05, 0.1) is 22.6 Å². The third-order valence-corrected chi connectivity index (χ3v) is 9.46. The second-order valence-electron chi connectivity index (χ2n) is 14.3. The molecule has 5 heteroatoms. The Kier molecular flexibility index (Phi) is 9.76. The summed E-state index contributed by atoms with van der Waals surface area (Å²) in [6, 6.07) is 10.5. The highest BCUT2D eigenvalue weighted by molar-refractivity contribution is 5.84. The summed E-state index contributed by atoms with van der Waals surface area (Å²) in [6.07, 6.45) is 2.56. The van der Waals surface area contributed by atoms with Crippen LogP contribution in [0.4, 0.5) is 0 Å². The van der Waals surface area contributed by atoms with Crippen LogP contribution >= 0.6 is 0 Å². The third-order valence-electron chi connectivity index (χ3n) is 9.46. The molecule has 216 valence electrons. The topological polar surface area (TPSA) is 55.8 Å². The van der Waals surface area contributed by atoms with Gasteiger partial charge in [-0.05, 0) is 84.6 Å². The van der Waals surface area contributed by atoms with Gasteiger partial charge in [-0.15, -0.1) is 0 Å². The summed E-state index contributed by atoms with van der Waals surface area (Å²) in [5, 5.41) is 2.09. The molecule has 0 aliphatic carbocycles. The van der Waals surface area contributed by atoms with E-state index in [-0.39, 0.29) is 29.0 Å². The van der Waals surface area contributed by atoms with Crippen LogP contribution in [0.5, 0.6) is 0 Å². The first-order valence-electron chi connectivity index (χ1n) is 14.5. The number of esters is 1.